The van der Waals surface area contributed by atoms with E-state index in [1.54, 1.807) is 16.9 Å². The van der Waals surface area contributed by atoms with Crippen LogP contribution in [0.25, 0.3) is 11.2 Å². The lowest BCUT2D eigenvalue weighted by atomic mass is 9.92. The second-order valence-electron chi connectivity index (χ2n) is 10.2. The summed E-state index contributed by atoms with van der Waals surface area (Å²) in [6.07, 6.45) is 8.32. The molecule has 3 aromatic heterocycles. The van der Waals surface area contributed by atoms with Crippen LogP contribution < -0.4 is 10.2 Å². The van der Waals surface area contributed by atoms with Gasteiger partial charge in [0.15, 0.2) is 17.3 Å². The first-order valence-corrected chi connectivity index (χ1v) is 13.6. The molecule has 2 atom stereocenters. The second kappa shape index (κ2) is 12.2. The van der Waals surface area contributed by atoms with E-state index < -0.39 is 11.7 Å². The van der Waals surface area contributed by atoms with Gasteiger partial charge in [0, 0.05) is 12.7 Å². The quantitative estimate of drug-likeness (QED) is 0.157. The Labute approximate surface area is 229 Å². The first kappa shape index (κ1) is 27.1. The Morgan fingerprint density at radius 1 is 1.28 bits per heavy atom. The fraction of sp³-hybridized carbons (Fsp3) is 0.560. The minimum Gasteiger partial charge on any atom is -0.350 e. The summed E-state index contributed by atoms with van der Waals surface area (Å²) in [5.41, 5.74) is 1.30. The Morgan fingerprint density at radius 2 is 2.10 bits per heavy atom. The molecule has 2 N–H and O–H groups in total. The number of nitrogens with zero attached hydrogens (tertiary/aromatic N) is 8. The molecule has 1 aliphatic heterocycles. The van der Waals surface area contributed by atoms with Crippen LogP contribution in [0.2, 0.25) is 5.28 Å². The number of amides is 2. The fourth-order valence-electron chi connectivity index (χ4n) is 5.69. The molecule has 1 saturated heterocycles. The molecule has 1 saturated carbocycles. The number of rotatable bonds is 11. The maximum absolute atomic E-state index is 15.7. The van der Waals surface area contributed by atoms with Crippen LogP contribution in [0.1, 0.15) is 50.6 Å². The Kier molecular flexibility index (Phi) is 8.46. The van der Waals surface area contributed by atoms with E-state index in [1.807, 2.05) is 11.0 Å². The predicted octanol–water partition coefficient (Wildman–Crippen LogP) is 2.74. The van der Waals surface area contributed by atoms with Gasteiger partial charge in [0.1, 0.15) is 11.2 Å². The lowest BCUT2D eigenvalue weighted by Gasteiger charge is -2.26. The third-order valence-corrected chi connectivity index (χ3v) is 7.77. The van der Waals surface area contributed by atoms with Gasteiger partial charge in [-0.15, -0.1) is 5.10 Å². The Morgan fingerprint density at radius 3 is 2.90 bits per heavy atom. The SMILES string of the molecule is O=CN(O)C[C@@H](CC1CCCC1)C(=O)NCc1nc(Cl)nc(N2CCC[C@H]2Cn2nnc3cccnc32)c1F. The third-order valence-electron chi connectivity index (χ3n) is 7.60. The lowest BCUT2D eigenvalue weighted by molar-refractivity contribution is -0.155. The summed E-state index contributed by atoms with van der Waals surface area (Å²) in [5.74, 6) is -1.25. The van der Waals surface area contributed by atoms with Crippen molar-refractivity contribution in [3.8, 4) is 0 Å². The predicted molar refractivity (Wildman–Crippen MR) is 139 cm³/mol. The van der Waals surface area contributed by atoms with Gasteiger partial charge in [-0.1, -0.05) is 30.9 Å². The molecule has 5 rings (SSSR count). The van der Waals surface area contributed by atoms with Crippen LogP contribution in [0.4, 0.5) is 10.2 Å². The summed E-state index contributed by atoms with van der Waals surface area (Å²) < 4.78 is 17.4. The molecular weight excluding hydrogens is 529 g/mol. The molecule has 0 bridgehead atoms. The molecule has 39 heavy (non-hydrogen) atoms. The molecule has 12 nitrogen and oxygen atoms in total. The largest absolute Gasteiger partial charge is 0.350 e. The van der Waals surface area contributed by atoms with Crippen LogP contribution in [0.15, 0.2) is 18.3 Å². The molecule has 0 unspecified atom stereocenters. The molecule has 3 aromatic rings. The minimum atomic E-state index is -0.655. The zero-order valence-electron chi connectivity index (χ0n) is 21.4. The van der Waals surface area contributed by atoms with Crippen molar-refractivity contribution in [2.75, 3.05) is 18.0 Å². The number of pyridine rings is 1. The van der Waals surface area contributed by atoms with Crippen LogP contribution in [0, 0.1) is 17.7 Å². The first-order valence-electron chi connectivity index (χ1n) is 13.2. The van der Waals surface area contributed by atoms with Crippen molar-refractivity contribution >= 4 is 40.9 Å². The van der Waals surface area contributed by atoms with Gasteiger partial charge in [-0.25, -0.2) is 24.1 Å². The standard InChI is InChI=1S/C25H31ClFN9O3/c26-25-30-20(12-29-24(38)17(13-34(39)15-37)11-16-5-1-2-6-16)21(27)23(31-25)35-10-4-7-18(35)14-36-22-19(32-33-36)8-3-9-28-22/h3,8-9,15-18,39H,1-2,4-7,10-14H2,(H,29,38)/t17-,18+/m1/s1. The highest BCUT2D eigenvalue weighted by Crippen LogP contribution is 2.32. The van der Waals surface area contributed by atoms with Crippen molar-refractivity contribution < 1.29 is 19.2 Å². The number of nitrogens with one attached hydrogen (secondary N) is 1. The van der Waals surface area contributed by atoms with Crippen molar-refractivity contribution in [1.29, 1.82) is 0 Å². The number of hydroxylamine groups is 2. The summed E-state index contributed by atoms with van der Waals surface area (Å²) in [7, 11) is 0. The number of halogens is 2. The summed E-state index contributed by atoms with van der Waals surface area (Å²) in [4.78, 5) is 38.4. The van der Waals surface area contributed by atoms with Gasteiger partial charge in [0.05, 0.1) is 31.6 Å². The van der Waals surface area contributed by atoms with E-state index >= 15 is 4.39 Å². The number of carbonyl (C=O) groups excluding carboxylic acids is 2. The van der Waals surface area contributed by atoms with Crippen molar-refractivity contribution in [3.05, 3.63) is 35.1 Å². The molecule has 0 radical (unpaired) electrons. The number of hydrogen-bond acceptors (Lipinski definition) is 9. The highest BCUT2D eigenvalue weighted by Gasteiger charge is 2.32. The molecule has 1 aliphatic carbocycles. The van der Waals surface area contributed by atoms with E-state index in [-0.39, 0.29) is 48.2 Å². The highest BCUT2D eigenvalue weighted by molar-refractivity contribution is 6.28. The third kappa shape index (κ3) is 6.25. The van der Waals surface area contributed by atoms with Gasteiger partial charge in [0.2, 0.25) is 17.6 Å². The number of aromatic nitrogens is 6. The van der Waals surface area contributed by atoms with E-state index in [9.17, 15) is 14.8 Å². The van der Waals surface area contributed by atoms with Crippen molar-refractivity contribution in [1.82, 2.24) is 40.3 Å². The number of fused-ring (bicyclic) bond motifs is 1. The topological polar surface area (TPSA) is 142 Å². The second-order valence-corrected chi connectivity index (χ2v) is 10.6. The van der Waals surface area contributed by atoms with Crippen molar-refractivity contribution in [2.24, 2.45) is 11.8 Å². The van der Waals surface area contributed by atoms with Crippen LogP contribution in [-0.2, 0) is 22.7 Å². The summed E-state index contributed by atoms with van der Waals surface area (Å²) in [6.45, 7) is 0.676. The Hall–Kier alpha value is -3.45. The fourth-order valence-corrected chi connectivity index (χ4v) is 5.87. The van der Waals surface area contributed by atoms with Gasteiger partial charge < -0.3 is 10.2 Å². The molecule has 2 amide bonds. The molecule has 14 heteroatoms. The monoisotopic (exact) mass is 559 g/mol. The van der Waals surface area contributed by atoms with Crippen LogP contribution in [0.5, 0.6) is 0 Å². The molecule has 0 aromatic carbocycles. The first-order chi connectivity index (χ1) is 18.9. The number of anilines is 1. The van der Waals surface area contributed by atoms with Crippen LogP contribution >= 0.6 is 11.6 Å². The van der Waals surface area contributed by atoms with E-state index in [1.165, 1.54) is 0 Å². The van der Waals surface area contributed by atoms with Gasteiger partial charge in [-0.05, 0) is 48.9 Å². The molecule has 208 valence electrons. The van der Waals surface area contributed by atoms with Gasteiger partial charge in [0.25, 0.3) is 0 Å². The Balaban J connectivity index is 1.30. The van der Waals surface area contributed by atoms with Crippen LogP contribution in [-0.4, -0.2) is 71.7 Å². The van der Waals surface area contributed by atoms with E-state index in [0.717, 1.165) is 38.5 Å². The molecule has 4 heterocycles. The maximum atomic E-state index is 15.7. The number of hydrogen-bond donors (Lipinski definition) is 2. The molecule has 2 aliphatic rings. The Bertz CT molecular complexity index is 1320. The van der Waals surface area contributed by atoms with Crippen molar-refractivity contribution in [3.63, 3.8) is 0 Å². The number of carbonyl (C=O) groups is 2. The molecule has 0 spiro atoms. The maximum Gasteiger partial charge on any atom is 0.233 e. The average Bonchev–Trinajstić information content (AvgIpc) is 3.71. The lowest BCUT2D eigenvalue weighted by Crippen LogP contribution is -2.39. The summed E-state index contributed by atoms with van der Waals surface area (Å²) in [5, 5.41) is 21.1. The normalized spacial score (nSPS) is 18.5. The van der Waals surface area contributed by atoms with Gasteiger partial charge in [-0.2, -0.15) is 4.98 Å². The van der Waals surface area contributed by atoms with Gasteiger partial charge >= 0.3 is 0 Å². The zero-order chi connectivity index (χ0) is 27.4. The smallest absolute Gasteiger partial charge is 0.233 e. The van der Waals surface area contributed by atoms with Crippen LogP contribution in [0.3, 0.4) is 0 Å². The van der Waals surface area contributed by atoms with Gasteiger partial charge in [-0.3, -0.25) is 14.8 Å². The zero-order valence-corrected chi connectivity index (χ0v) is 22.2. The van der Waals surface area contributed by atoms with E-state index in [4.69, 9.17) is 11.6 Å². The van der Waals surface area contributed by atoms with E-state index in [2.05, 4.69) is 30.6 Å². The summed E-state index contributed by atoms with van der Waals surface area (Å²) in [6, 6.07) is 3.51. The molecular formula is C25H31ClFN9O3. The average molecular weight is 560 g/mol. The highest BCUT2D eigenvalue weighted by atomic mass is 35.5. The minimum absolute atomic E-state index is 0.0345. The summed E-state index contributed by atoms with van der Waals surface area (Å²) >= 11 is 6.20. The van der Waals surface area contributed by atoms with Crippen molar-refractivity contribution in [2.45, 2.75) is 64.1 Å². The molecule has 2 fully saturated rings. The van der Waals surface area contributed by atoms with E-state index in [0.29, 0.717) is 41.7 Å².